The average Bonchev–Trinajstić information content (AvgIpc) is 2.61. The van der Waals surface area contributed by atoms with Crippen LogP contribution in [0.5, 0.6) is 5.75 Å². The first kappa shape index (κ1) is 18.3. The van der Waals surface area contributed by atoms with Gasteiger partial charge in [0, 0.05) is 25.2 Å². The number of anilines is 1. The number of amides is 2. The second-order valence-electron chi connectivity index (χ2n) is 6.00. The van der Waals surface area contributed by atoms with E-state index < -0.39 is 0 Å². The monoisotopic (exact) mass is 333 g/mol. The fraction of sp³-hybridized carbons (Fsp3) is 0.556. The molecule has 6 nitrogen and oxygen atoms in total. The molecule has 1 fully saturated rings. The van der Waals surface area contributed by atoms with E-state index in [1.165, 1.54) is 0 Å². The summed E-state index contributed by atoms with van der Waals surface area (Å²) >= 11 is 0. The topological polar surface area (TPSA) is 84.7 Å². The lowest BCUT2D eigenvalue weighted by Gasteiger charge is -2.34. The molecule has 0 spiro atoms. The van der Waals surface area contributed by atoms with Gasteiger partial charge in [-0.3, -0.25) is 9.59 Å². The highest BCUT2D eigenvalue weighted by molar-refractivity contribution is 5.97. The lowest BCUT2D eigenvalue weighted by Crippen LogP contribution is -2.49. The van der Waals surface area contributed by atoms with Gasteiger partial charge in [-0.25, -0.2) is 0 Å². The number of ether oxygens (including phenoxy) is 1. The van der Waals surface area contributed by atoms with Gasteiger partial charge in [0.2, 0.25) is 11.8 Å². The molecule has 0 aromatic heterocycles. The second kappa shape index (κ2) is 9.27. The molecule has 1 aliphatic heterocycles. The van der Waals surface area contributed by atoms with Crippen LogP contribution in [-0.4, -0.2) is 42.5 Å². The zero-order valence-corrected chi connectivity index (χ0v) is 14.3. The van der Waals surface area contributed by atoms with Gasteiger partial charge in [-0.15, -0.1) is 0 Å². The summed E-state index contributed by atoms with van der Waals surface area (Å²) in [6.07, 6.45) is 3.95. The fourth-order valence-electron chi connectivity index (χ4n) is 2.90. The lowest BCUT2D eigenvalue weighted by atomic mass is 10.0. The zero-order chi connectivity index (χ0) is 17.4. The molecule has 2 amide bonds. The smallest absolute Gasteiger partial charge is 0.247 e. The number of rotatable bonds is 7. The Balaban J connectivity index is 1.97. The van der Waals surface area contributed by atoms with Crippen molar-refractivity contribution < 1.29 is 14.3 Å². The molecule has 1 unspecified atom stereocenters. The van der Waals surface area contributed by atoms with E-state index in [1.54, 1.807) is 29.2 Å². The molecule has 1 atom stereocenters. The predicted molar refractivity (Wildman–Crippen MR) is 93.9 cm³/mol. The molecule has 2 rings (SSSR count). The number of piperidine rings is 1. The number of carbonyl (C=O) groups is 2. The molecule has 132 valence electrons. The lowest BCUT2D eigenvalue weighted by molar-refractivity contribution is -0.140. The normalized spacial score (nSPS) is 17.4. The summed E-state index contributed by atoms with van der Waals surface area (Å²) in [7, 11) is 0. The van der Waals surface area contributed by atoms with Crippen LogP contribution < -0.4 is 15.8 Å². The van der Waals surface area contributed by atoms with Gasteiger partial charge in [-0.2, -0.15) is 0 Å². The Bertz CT molecular complexity index is 545. The minimum absolute atomic E-state index is 0.0721. The van der Waals surface area contributed by atoms with Crippen molar-refractivity contribution in [3.05, 3.63) is 24.3 Å². The number of carbonyl (C=O) groups excluding carboxylic acids is 2. The Hall–Kier alpha value is -2.08. The molecular formula is C18H27N3O3. The molecule has 24 heavy (non-hydrogen) atoms. The summed E-state index contributed by atoms with van der Waals surface area (Å²) in [5, 5.41) is 2.91. The van der Waals surface area contributed by atoms with Crippen molar-refractivity contribution in [3.8, 4) is 5.75 Å². The Morgan fingerprint density at radius 3 is 2.71 bits per heavy atom. The van der Waals surface area contributed by atoms with Gasteiger partial charge in [-0.05, 0) is 49.9 Å². The van der Waals surface area contributed by atoms with Crippen molar-refractivity contribution in [2.45, 2.75) is 45.1 Å². The molecule has 0 aliphatic carbocycles. The fourth-order valence-corrected chi connectivity index (χ4v) is 2.90. The minimum atomic E-state index is -0.369. The summed E-state index contributed by atoms with van der Waals surface area (Å²) in [5.41, 5.74) is 6.10. The van der Waals surface area contributed by atoms with Crippen LogP contribution in [0.3, 0.4) is 0 Å². The van der Waals surface area contributed by atoms with Gasteiger partial charge >= 0.3 is 0 Å². The van der Waals surface area contributed by atoms with E-state index >= 15 is 0 Å². The van der Waals surface area contributed by atoms with Crippen LogP contribution in [0.1, 0.15) is 39.0 Å². The quantitative estimate of drug-likeness (QED) is 0.800. The van der Waals surface area contributed by atoms with Gasteiger partial charge in [0.15, 0.2) is 0 Å². The highest BCUT2D eigenvalue weighted by Crippen LogP contribution is 2.21. The number of likely N-dealkylation sites (tertiary alicyclic amines) is 1. The molecule has 1 aliphatic rings. The first-order valence-electron chi connectivity index (χ1n) is 8.69. The number of hydrogen-bond donors (Lipinski definition) is 2. The Labute approximate surface area is 143 Å². The molecule has 6 heteroatoms. The third-order valence-electron chi connectivity index (χ3n) is 4.10. The Morgan fingerprint density at radius 2 is 2.04 bits per heavy atom. The van der Waals surface area contributed by atoms with Crippen LogP contribution in [0.4, 0.5) is 5.69 Å². The highest BCUT2D eigenvalue weighted by Gasteiger charge is 2.31. The van der Waals surface area contributed by atoms with Crippen LogP contribution in [0, 0.1) is 0 Å². The summed E-state index contributed by atoms with van der Waals surface area (Å²) in [6, 6.07) is 6.82. The first-order chi connectivity index (χ1) is 11.7. The van der Waals surface area contributed by atoms with Crippen molar-refractivity contribution >= 4 is 17.5 Å². The van der Waals surface area contributed by atoms with Crippen molar-refractivity contribution in [2.24, 2.45) is 5.73 Å². The molecule has 0 radical (unpaired) electrons. The van der Waals surface area contributed by atoms with E-state index in [0.717, 1.165) is 31.4 Å². The molecule has 1 aromatic carbocycles. The van der Waals surface area contributed by atoms with Crippen molar-refractivity contribution in [1.29, 1.82) is 0 Å². The first-order valence-corrected chi connectivity index (χ1v) is 8.69. The molecular weight excluding hydrogens is 306 g/mol. The summed E-state index contributed by atoms with van der Waals surface area (Å²) in [5.74, 6) is 0.675. The van der Waals surface area contributed by atoms with E-state index in [0.29, 0.717) is 31.8 Å². The number of hydrogen-bond acceptors (Lipinski definition) is 4. The Kier molecular flexibility index (Phi) is 7.06. The van der Waals surface area contributed by atoms with E-state index in [1.807, 2.05) is 6.92 Å². The van der Waals surface area contributed by atoms with E-state index in [2.05, 4.69) is 5.32 Å². The molecule has 1 saturated heterocycles. The largest absolute Gasteiger partial charge is 0.492 e. The van der Waals surface area contributed by atoms with Gasteiger partial charge in [0.1, 0.15) is 18.4 Å². The van der Waals surface area contributed by atoms with Gasteiger partial charge in [0.05, 0.1) is 0 Å². The number of nitrogens with one attached hydrogen (secondary N) is 1. The maximum atomic E-state index is 12.6. The SMILES string of the molecule is CCCC(=O)N1CCCCC1C(=O)Nc1ccc(OCCN)cc1. The van der Waals surface area contributed by atoms with Crippen molar-refractivity contribution in [1.82, 2.24) is 4.90 Å². The van der Waals surface area contributed by atoms with Crippen LogP contribution in [-0.2, 0) is 9.59 Å². The number of nitrogens with zero attached hydrogens (tertiary/aromatic N) is 1. The number of nitrogens with two attached hydrogens (primary N) is 1. The molecule has 0 saturated carbocycles. The van der Waals surface area contributed by atoms with Crippen LogP contribution in [0.25, 0.3) is 0 Å². The van der Waals surface area contributed by atoms with Crippen molar-refractivity contribution in [2.75, 3.05) is 25.0 Å². The maximum absolute atomic E-state index is 12.6. The van der Waals surface area contributed by atoms with Crippen LogP contribution >= 0.6 is 0 Å². The molecule has 1 aromatic rings. The summed E-state index contributed by atoms with van der Waals surface area (Å²) < 4.78 is 5.42. The molecule has 1 heterocycles. The Morgan fingerprint density at radius 1 is 1.29 bits per heavy atom. The number of benzene rings is 1. The van der Waals surface area contributed by atoms with Crippen LogP contribution in [0.2, 0.25) is 0 Å². The zero-order valence-electron chi connectivity index (χ0n) is 14.3. The third kappa shape index (κ3) is 4.96. The van der Waals surface area contributed by atoms with Crippen LogP contribution in [0.15, 0.2) is 24.3 Å². The van der Waals surface area contributed by atoms with E-state index in [4.69, 9.17) is 10.5 Å². The van der Waals surface area contributed by atoms with Gasteiger partial charge < -0.3 is 20.7 Å². The summed E-state index contributed by atoms with van der Waals surface area (Å²) in [4.78, 5) is 26.6. The maximum Gasteiger partial charge on any atom is 0.247 e. The van der Waals surface area contributed by atoms with Gasteiger partial charge in [0.25, 0.3) is 0 Å². The molecule has 0 bridgehead atoms. The third-order valence-corrected chi connectivity index (χ3v) is 4.10. The summed E-state index contributed by atoms with van der Waals surface area (Å²) in [6.45, 7) is 3.57. The van der Waals surface area contributed by atoms with E-state index in [9.17, 15) is 9.59 Å². The van der Waals surface area contributed by atoms with Crippen molar-refractivity contribution in [3.63, 3.8) is 0 Å². The molecule has 3 N–H and O–H groups in total. The highest BCUT2D eigenvalue weighted by atomic mass is 16.5. The predicted octanol–water partition coefficient (Wildman–Crippen LogP) is 2.14. The minimum Gasteiger partial charge on any atom is -0.492 e. The second-order valence-corrected chi connectivity index (χ2v) is 6.00. The standard InChI is InChI=1S/C18H27N3O3/c1-2-5-17(22)21-12-4-3-6-16(21)18(23)20-14-7-9-15(10-8-14)24-13-11-19/h7-10,16H,2-6,11-13,19H2,1H3,(H,20,23). The van der Waals surface area contributed by atoms with Gasteiger partial charge in [-0.1, -0.05) is 6.92 Å². The average molecular weight is 333 g/mol. The van der Waals surface area contributed by atoms with E-state index in [-0.39, 0.29) is 17.9 Å².